The minimum Gasteiger partial charge on any atom is -0.385 e. The first-order valence-electron chi connectivity index (χ1n) is 15.8. The van der Waals surface area contributed by atoms with Crippen LogP contribution in [0.5, 0.6) is 0 Å². The Morgan fingerprint density at radius 2 is 1.13 bits per heavy atom. The third kappa shape index (κ3) is 26.0. The Morgan fingerprint density at radius 1 is 0.632 bits per heavy atom. The van der Waals surface area contributed by atoms with E-state index in [1.165, 1.54) is 77.6 Å². The molecule has 1 atom stereocenters. The molecule has 0 aliphatic rings. The number of amides is 3. The third-order valence-corrected chi connectivity index (χ3v) is 7.03. The molecule has 224 valence electrons. The van der Waals surface area contributed by atoms with Crippen molar-refractivity contribution in [1.29, 1.82) is 0 Å². The quantitative estimate of drug-likeness (QED) is 0.0978. The molecule has 3 N–H and O–H groups in total. The number of carbonyl (C=O) groups excluding carboxylic acids is 3. The van der Waals surface area contributed by atoms with Crippen LogP contribution in [0.3, 0.4) is 0 Å². The van der Waals surface area contributed by atoms with Crippen LogP contribution in [0.25, 0.3) is 0 Å². The fraction of sp³-hybridized carbons (Fsp3) is 0.903. The van der Waals surface area contributed by atoms with Gasteiger partial charge in [0, 0.05) is 40.2 Å². The summed E-state index contributed by atoms with van der Waals surface area (Å²) in [5.74, 6) is -0.175. The molecule has 0 aromatic rings. The summed E-state index contributed by atoms with van der Waals surface area (Å²) in [5.41, 5.74) is 0. The summed E-state index contributed by atoms with van der Waals surface area (Å²) in [4.78, 5) is 36.4. The van der Waals surface area contributed by atoms with E-state index in [0.717, 1.165) is 58.0 Å². The van der Waals surface area contributed by atoms with Gasteiger partial charge in [-0.2, -0.15) is 0 Å². The molecule has 0 bridgehead atoms. The van der Waals surface area contributed by atoms with Crippen molar-refractivity contribution in [1.82, 2.24) is 16.0 Å². The molecule has 7 nitrogen and oxygen atoms in total. The largest absolute Gasteiger partial charge is 0.385 e. The van der Waals surface area contributed by atoms with Gasteiger partial charge in [-0.1, -0.05) is 96.8 Å². The Balaban J connectivity index is 4.08. The minimum atomic E-state index is -0.504. The lowest BCUT2D eigenvalue weighted by molar-refractivity contribution is -0.129. The summed E-state index contributed by atoms with van der Waals surface area (Å²) < 4.78 is 5.07. The van der Waals surface area contributed by atoms with E-state index in [-0.39, 0.29) is 17.7 Å². The zero-order valence-corrected chi connectivity index (χ0v) is 25.2. The summed E-state index contributed by atoms with van der Waals surface area (Å²) in [6, 6.07) is -0.504. The lowest BCUT2D eigenvalue weighted by Gasteiger charge is -2.19. The highest BCUT2D eigenvalue weighted by atomic mass is 16.5. The van der Waals surface area contributed by atoms with Crippen LogP contribution in [-0.2, 0) is 19.1 Å². The van der Waals surface area contributed by atoms with E-state index >= 15 is 0 Å². The number of hydrogen-bond donors (Lipinski definition) is 3. The smallest absolute Gasteiger partial charge is 0.242 e. The third-order valence-electron chi connectivity index (χ3n) is 7.03. The highest BCUT2D eigenvalue weighted by Crippen LogP contribution is 2.13. The average molecular weight is 540 g/mol. The van der Waals surface area contributed by atoms with Crippen molar-refractivity contribution in [2.75, 3.05) is 26.8 Å². The molecule has 0 rings (SSSR count). The average Bonchev–Trinajstić information content (AvgIpc) is 2.89. The van der Waals surface area contributed by atoms with Gasteiger partial charge < -0.3 is 20.7 Å². The van der Waals surface area contributed by atoms with Gasteiger partial charge in [-0.3, -0.25) is 14.4 Å². The molecule has 0 aromatic carbocycles. The fourth-order valence-electron chi connectivity index (χ4n) is 4.64. The van der Waals surface area contributed by atoms with E-state index in [4.69, 9.17) is 4.74 Å². The number of rotatable bonds is 28. The van der Waals surface area contributed by atoms with Crippen LogP contribution in [-0.4, -0.2) is 50.6 Å². The molecule has 0 spiro atoms. The van der Waals surface area contributed by atoms with Crippen molar-refractivity contribution in [3.63, 3.8) is 0 Å². The maximum absolute atomic E-state index is 12.8. The van der Waals surface area contributed by atoms with Gasteiger partial charge in [0.2, 0.25) is 17.7 Å². The minimum absolute atomic E-state index is 0.0327. The van der Waals surface area contributed by atoms with Crippen molar-refractivity contribution in [3.8, 4) is 0 Å². The molecule has 0 saturated heterocycles. The van der Waals surface area contributed by atoms with E-state index in [1.54, 1.807) is 7.11 Å². The molecule has 38 heavy (non-hydrogen) atoms. The van der Waals surface area contributed by atoms with E-state index in [9.17, 15) is 14.4 Å². The number of nitrogens with one attached hydrogen (secondary N) is 3. The van der Waals surface area contributed by atoms with Crippen LogP contribution in [0.1, 0.15) is 149 Å². The normalized spacial score (nSPS) is 11.8. The lowest BCUT2D eigenvalue weighted by Crippen LogP contribution is -2.47. The highest BCUT2D eigenvalue weighted by Gasteiger charge is 2.19. The zero-order valence-electron chi connectivity index (χ0n) is 25.2. The monoisotopic (exact) mass is 539 g/mol. The standard InChI is InChI=1S/C31H61N3O4/c1-4-5-6-7-8-9-10-11-12-13-14-15-18-24-30(36)34-29(23-19-21-25-32-28(2)35)31(37)33-26-20-16-17-22-27-38-3/h29H,4-27H2,1-3H3,(H,32,35)(H,33,37)(H,34,36)/t29-/m0/s1. The van der Waals surface area contributed by atoms with Crippen molar-refractivity contribution >= 4 is 17.7 Å². The Kier molecular flexibility index (Phi) is 27.2. The van der Waals surface area contributed by atoms with Crippen LogP contribution in [0, 0.1) is 0 Å². The summed E-state index contributed by atoms with van der Waals surface area (Å²) >= 11 is 0. The molecule has 0 fully saturated rings. The highest BCUT2D eigenvalue weighted by molar-refractivity contribution is 5.87. The van der Waals surface area contributed by atoms with Crippen molar-refractivity contribution < 1.29 is 19.1 Å². The first-order chi connectivity index (χ1) is 18.5. The second kappa shape index (κ2) is 28.4. The molecular weight excluding hydrogens is 478 g/mol. The number of methoxy groups -OCH3 is 1. The van der Waals surface area contributed by atoms with Crippen molar-refractivity contribution in [2.24, 2.45) is 0 Å². The summed E-state index contributed by atoms with van der Waals surface area (Å²) in [6.45, 7) is 5.76. The first kappa shape index (κ1) is 36.4. The van der Waals surface area contributed by atoms with E-state index < -0.39 is 6.04 Å². The molecule has 3 amide bonds. The Morgan fingerprint density at radius 3 is 1.71 bits per heavy atom. The molecule has 0 saturated carbocycles. The molecule has 7 heteroatoms. The molecule has 0 aliphatic heterocycles. The van der Waals surface area contributed by atoms with Gasteiger partial charge >= 0.3 is 0 Å². The van der Waals surface area contributed by atoms with Crippen LogP contribution in [0.15, 0.2) is 0 Å². The SMILES string of the molecule is CCCCCCCCCCCCCCCC(=O)N[C@@H](CCCCNC(C)=O)C(=O)NCCCCCCOC. The van der Waals surface area contributed by atoms with Crippen LogP contribution < -0.4 is 16.0 Å². The number of carbonyl (C=O) groups is 3. The van der Waals surface area contributed by atoms with Crippen molar-refractivity contribution in [2.45, 2.75) is 155 Å². The second-order valence-electron chi connectivity index (χ2n) is 10.8. The summed E-state index contributed by atoms with van der Waals surface area (Å²) in [7, 11) is 1.71. The second-order valence-corrected chi connectivity index (χ2v) is 10.8. The van der Waals surface area contributed by atoms with Gasteiger partial charge in [-0.05, 0) is 38.5 Å². The Bertz CT molecular complexity index is 571. The van der Waals surface area contributed by atoms with Gasteiger partial charge in [-0.25, -0.2) is 0 Å². The maximum Gasteiger partial charge on any atom is 0.242 e. The predicted molar refractivity (Wildman–Crippen MR) is 158 cm³/mol. The van der Waals surface area contributed by atoms with Gasteiger partial charge in [0.1, 0.15) is 6.04 Å². The predicted octanol–water partition coefficient (Wildman–Crippen LogP) is 6.58. The van der Waals surface area contributed by atoms with E-state index in [1.807, 2.05) is 0 Å². The van der Waals surface area contributed by atoms with Gasteiger partial charge in [0.05, 0.1) is 0 Å². The summed E-state index contributed by atoms with van der Waals surface area (Å²) in [6.07, 6.45) is 23.3. The first-order valence-corrected chi connectivity index (χ1v) is 15.8. The molecular formula is C31H61N3O4. The lowest BCUT2D eigenvalue weighted by atomic mass is 10.0. The van der Waals surface area contributed by atoms with Crippen LogP contribution in [0.2, 0.25) is 0 Å². The van der Waals surface area contributed by atoms with Crippen molar-refractivity contribution in [3.05, 3.63) is 0 Å². The Hall–Kier alpha value is -1.63. The van der Waals surface area contributed by atoms with Crippen LogP contribution >= 0.6 is 0 Å². The summed E-state index contributed by atoms with van der Waals surface area (Å²) in [5, 5.41) is 8.76. The number of unbranched alkanes of at least 4 members (excludes halogenated alkanes) is 16. The van der Waals surface area contributed by atoms with E-state index in [0.29, 0.717) is 25.9 Å². The number of hydrogen-bond acceptors (Lipinski definition) is 4. The molecule has 0 radical (unpaired) electrons. The molecule has 0 aromatic heterocycles. The number of ether oxygens (including phenoxy) is 1. The van der Waals surface area contributed by atoms with Crippen LogP contribution in [0.4, 0.5) is 0 Å². The van der Waals surface area contributed by atoms with E-state index in [2.05, 4.69) is 22.9 Å². The topological polar surface area (TPSA) is 96.5 Å². The fourth-order valence-corrected chi connectivity index (χ4v) is 4.64. The molecule has 0 heterocycles. The van der Waals surface area contributed by atoms with Gasteiger partial charge in [-0.15, -0.1) is 0 Å². The molecule has 0 aliphatic carbocycles. The Labute approximate surface area is 234 Å². The van der Waals surface area contributed by atoms with Gasteiger partial charge in [0.25, 0.3) is 0 Å². The zero-order chi connectivity index (χ0) is 28.1. The van der Waals surface area contributed by atoms with Gasteiger partial charge in [0.15, 0.2) is 0 Å². The molecule has 0 unspecified atom stereocenters. The maximum atomic E-state index is 12.8.